The van der Waals surface area contributed by atoms with Gasteiger partial charge >= 0.3 is 0 Å². The van der Waals surface area contributed by atoms with Crippen LogP contribution in [0.15, 0.2) is 24.3 Å². The monoisotopic (exact) mass is 264 g/mol. The summed E-state index contributed by atoms with van der Waals surface area (Å²) in [4.78, 5) is 13.8. The third-order valence-corrected chi connectivity index (χ3v) is 3.02. The molecule has 1 aromatic rings. The maximum Gasteiger partial charge on any atom is 0.260 e. The minimum absolute atomic E-state index is 0.0202. The molecule has 5 nitrogen and oxygen atoms in total. The molecule has 2 N–H and O–H groups in total. The van der Waals surface area contributed by atoms with Crippen LogP contribution in [0, 0.1) is 0 Å². The Labute approximate surface area is 113 Å². The van der Waals surface area contributed by atoms with Gasteiger partial charge in [0.25, 0.3) is 5.91 Å². The van der Waals surface area contributed by atoms with Crippen molar-refractivity contribution in [2.45, 2.75) is 19.4 Å². The summed E-state index contributed by atoms with van der Waals surface area (Å²) in [5.41, 5.74) is 5.98. The molecule has 0 aromatic heterocycles. The van der Waals surface area contributed by atoms with Gasteiger partial charge in [0, 0.05) is 18.8 Å². The van der Waals surface area contributed by atoms with Crippen LogP contribution in [0.2, 0.25) is 0 Å². The minimum Gasteiger partial charge on any atom is -0.484 e. The number of nitrogens with zero attached hydrogens (tertiary/aromatic N) is 1. The number of nitrogens with two attached hydrogens (primary N) is 1. The average Bonchev–Trinajstić information content (AvgIpc) is 2.36. The summed E-state index contributed by atoms with van der Waals surface area (Å²) < 4.78 is 11.0. The molecule has 0 bridgehead atoms. The summed E-state index contributed by atoms with van der Waals surface area (Å²) in [6, 6.07) is 7.01. The Morgan fingerprint density at radius 1 is 1.42 bits per heavy atom. The van der Waals surface area contributed by atoms with Crippen LogP contribution in [0.1, 0.15) is 13.8 Å². The second-order valence-corrected chi connectivity index (χ2v) is 5.28. The lowest BCUT2D eigenvalue weighted by molar-refractivity contribution is -0.147. The summed E-state index contributed by atoms with van der Waals surface area (Å²) in [5.74, 6) is 0.628. The number of ether oxygens (including phenoxy) is 2. The lowest BCUT2D eigenvalue weighted by Gasteiger charge is -2.38. The first-order valence-electron chi connectivity index (χ1n) is 6.36. The molecule has 1 aliphatic rings. The van der Waals surface area contributed by atoms with Gasteiger partial charge in [0.05, 0.1) is 12.2 Å². The second kappa shape index (κ2) is 5.48. The Morgan fingerprint density at radius 3 is 2.74 bits per heavy atom. The van der Waals surface area contributed by atoms with Crippen molar-refractivity contribution in [1.82, 2.24) is 4.90 Å². The van der Waals surface area contributed by atoms with Crippen molar-refractivity contribution in [2.75, 3.05) is 32.0 Å². The highest BCUT2D eigenvalue weighted by Gasteiger charge is 2.29. The van der Waals surface area contributed by atoms with Crippen LogP contribution in [-0.2, 0) is 9.53 Å². The number of carbonyl (C=O) groups is 1. The van der Waals surface area contributed by atoms with E-state index in [-0.39, 0.29) is 18.1 Å². The lowest BCUT2D eigenvalue weighted by atomic mass is 10.1. The van der Waals surface area contributed by atoms with Gasteiger partial charge in [-0.05, 0) is 38.1 Å². The van der Waals surface area contributed by atoms with Crippen LogP contribution >= 0.6 is 0 Å². The van der Waals surface area contributed by atoms with Crippen molar-refractivity contribution in [2.24, 2.45) is 0 Å². The molecule has 0 unspecified atom stereocenters. The normalized spacial score (nSPS) is 18.1. The van der Waals surface area contributed by atoms with Crippen molar-refractivity contribution in [1.29, 1.82) is 0 Å². The van der Waals surface area contributed by atoms with Gasteiger partial charge in [-0.2, -0.15) is 0 Å². The maximum absolute atomic E-state index is 12.0. The molecule has 104 valence electrons. The number of benzene rings is 1. The minimum atomic E-state index is -0.283. The number of morpholine rings is 1. The molecule has 1 aliphatic heterocycles. The van der Waals surface area contributed by atoms with Gasteiger partial charge in [0.1, 0.15) is 5.75 Å². The predicted octanol–water partition coefficient (Wildman–Crippen LogP) is 1.29. The Balaban J connectivity index is 1.85. The number of hydrogen-bond acceptors (Lipinski definition) is 4. The van der Waals surface area contributed by atoms with Crippen molar-refractivity contribution in [3.63, 3.8) is 0 Å². The average molecular weight is 264 g/mol. The van der Waals surface area contributed by atoms with Gasteiger partial charge in [-0.25, -0.2) is 0 Å². The molecule has 1 saturated heterocycles. The summed E-state index contributed by atoms with van der Waals surface area (Å²) >= 11 is 0. The quantitative estimate of drug-likeness (QED) is 0.835. The molecule has 0 spiro atoms. The molecular weight excluding hydrogens is 244 g/mol. The van der Waals surface area contributed by atoms with E-state index >= 15 is 0 Å². The Bertz CT molecular complexity index is 443. The molecule has 0 atom stereocenters. The van der Waals surface area contributed by atoms with E-state index in [0.29, 0.717) is 31.1 Å². The van der Waals surface area contributed by atoms with Crippen LogP contribution < -0.4 is 10.5 Å². The van der Waals surface area contributed by atoms with Crippen LogP contribution in [0.25, 0.3) is 0 Å². The third-order valence-electron chi connectivity index (χ3n) is 3.02. The molecule has 19 heavy (non-hydrogen) atoms. The Hall–Kier alpha value is -1.75. The molecular formula is C14H20N2O3. The van der Waals surface area contributed by atoms with Gasteiger partial charge < -0.3 is 20.1 Å². The molecule has 1 amide bonds. The SMILES string of the molecule is CC1(C)CN(C(=O)COc2ccc(N)cc2)CCO1. The third kappa shape index (κ3) is 3.86. The first kappa shape index (κ1) is 13.7. The second-order valence-electron chi connectivity index (χ2n) is 5.28. The number of nitrogen functional groups attached to an aromatic ring is 1. The Kier molecular flexibility index (Phi) is 3.95. The predicted molar refractivity (Wildman–Crippen MR) is 73.0 cm³/mol. The van der Waals surface area contributed by atoms with Gasteiger partial charge in [-0.3, -0.25) is 4.79 Å². The van der Waals surface area contributed by atoms with Crippen LogP contribution in [0.5, 0.6) is 5.75 Å². The highest BCUT2D eigenvalue weighted by atomic mass is 16.5. The van der Waals surface area contributed by atoms with Crippen molar-refractivity contribution in [3.05, 3.63) is 24.3 Å². The number of amides is 1. The van der Waals surface area contributed by atoms with Gasteiger partial charge in [-0.1, -0.05) is 0 Å². The zero-order valence-electron chi connectivity index (χ0n) is 11.4. The molecule has 5 heteroatoms. The highest BCUT2D eigenvalue weighted by molar-refractivity contribution is 5.78. The summed E-state index contributed by atoms with van der Waals surface area (Å²) in [6.45, 7) is 5.78. The molecule has 1 heterocycles. The van der Waals surface area contributed by atoms with Crippen LogP contribution in [0.3, 0.4) is 0 Å². The topological polar surface area (TPSA) is 64.8 Å². The van der Waals surface area contributed by atoms with E-state index in [1.54, 1.807) is 29.2 Å². The van der Waals surface area contributed by atoms with Gasteiger partial charge in [-0.15, -0.1) is 0 Å². The van der Waals surface area contributed by atoms with Crippen LogP contribution in [0.4, 0.5) is 5.69 Å². The fourth-order valence-electron chi connectivity index (χ4n) is 2.03. The first-order valence-corrected chi connectivity index (χ1v) is 6.36. The number of carbonyl (C=O) groups excluding carboxylic acids is 1. The molecule has 0 aliphatic carbocycles. The smallest absolute Gasteiger partial charge is 0.260 e. The zero-order chi connectivity index (χ0) is 13.9. The van der Waals surface area contributed by atoms with E-state index in [4.69, 9.17) is 15.2 Å². The highest BCUT2D eigenvalue weighted by Crippen LogP contribution is 2.17. The van der Waals surface area contributed by atoms with Crippen molar-refractivity contribution < 1.29 is 14.3 Å². The maximum atomic E-state index is 12.0. The van der Waals surface area contributed by atoms with Crippen molar-refractivity contribution in [3.8, 4) is 5.75 Å². The van der Waals surface area contributed by atoms with E-state index in [1.165, 1.54) is 0 Å². The van der Waals surface area contributed by atoms with E-state index in [2.05, 4.69) is 0 Å². The van der Waals surface area contributed by atoms with Crippen LogP contribution in [-0.4, -0.2) is 42.7 Å². The molecule has 2 rings (SSSR count). The zero-order valence-corrected chi connectivity index (χ0v) is 11.4. The summed E-state index contributed by atoms with van der Waals surface area (Å²) in [7, 11) is 0. The largest absolute Gasteiger partial charge is 0.484 e. The van der Waals surface area contributed by atoms with E-state index in [0.717, 1.165) is 0 Å². The molecule has 0 saturated carbocycles. The Morgan fingerprint density at radius 2 is 2.11 bits per heavy atom. The molecule has 1 aromatic carbocycles. The molecule has 0 radical (unpaired) electrons. The lowest BCUT2D eigenvalue weighted by Crippen LogP contribution is -2.51. The van der Waals surface area contributed by atoms with Crippen molar-refractivity contribution >= 4 is 11.6 Å². The fourth-order valence-corrected chi connectivity index (χ4v) is 2.03. The number of rotatable bonds is 3. The fraction of sp³-hybridized carbons (Fsp3) is 0.500. The van der Waals surface area contributed by atoms with E-state index in [9.17, 15) is 4.79 Å². The summed E-state index contributed by atoms with van der Waals surface area (Å²) in [5, 5.41) is 0. The van der Waals surface area contributed by atoms with E-state index in [1.807, 2.05) is 13.8 Å². The van der Waals surface area contributed by atoms with Gasteiger partial charge in [0.15, 0.2) is 6.61 Å². The summed E-state index contributed by atoms with van der Waals surface area (Å²) in [6.07, 6.45) is 0. The van der Waals surface area contributed by atoms with E-state index < -0.39 is 0 Å². The number of hydrogen-bond donors (Lipinski definition) is 1. The number of anilines is 1. The van der Waals surface area contributed by atoms with Gasteiger partial charge in [0.2, 0.25) is 0 Å². The molecule has 1 fully saturated rings. The first-order chi connectivity index (χ1) is 8.96. The standard InChI is InChI=1S/C14H20N2O3/c1-14(2)10-16(7-8-19-14)13(17)9-18-12-5-3-11(15)4-6-12/h3-6H,7-10,15H2,1-2H3.